The van der Waals surface area contributed by atoms with E-state index in [1.54, 1.807) is 19.3 Å². The average molecular weight is 430 g/mol. The van der Waals surface area contributed by atoms with Crippen LogP contribution in [-0.4, -0.2) is 39.2 Å². The van der Waals surface area contributed by atoms with Gasteiger partial charge < -0.3 is 26.4 Å². The Morgan fingerprint density at radius 3 is 2.74 bits per heavy atom. The third-order valence-corrected chi connectivity index (χ3v) is 5.17. The molecule has 0 atom stereocenters. The predicted molar refractivity (Wildman–Crippen MR) is 123 cm³/mol. The molecule has 0 amide bonds. The van der Waals surface area contributed by atoms with Crippen LogP contribution in [0.1, 0.15) is 17.5 Å². The van der Waals surface area contributed by atoms with Crippen LogP contribution in [-0.2, 0) is 11.2 Å². The van der Waals surface area contributed by atoms with Crippen LogP contribution in [0, 0.1) is 18.6 Å². The molecule has 1 fully saturated rings. The summed E-state index contributed by atoms with van der Waals surface area (Å²) in [4.78, 5) is 6.34. The summed E-state index contributed by atoms with van der Waals surface area (Å²) in [5.74, 6) is -1.27. The summed E-state index contributed by atoms with van der Waals surface area (Å²) in [5.41, 5.74) is 14.2. The molecule has 166 valence electrons. The topological polar surface area (TPSA) is 88.9 Å². The van der Waals surface area contributed by atoms with E-state index in [0.29, 0.717) is 25.2 Å². The van der Waals surface area contributed by atoms with Crippen molar-refractivity contribution in [2.75, 3.05) is 48.9 Å². The maximum Gasteiger partial charge on any atom is 0.152 e. The molecule has 1 aliphatic rings. The number of nitrogens with zero attached hydrogens (tertiary/aromatic N) is 2. The van der Waals surface area contributed by atoms with Crippen LogP contribution >= 0.6 is 0 Å². The van der Waals surface area contributed by atoms with Gasteiger partial charge in [0.2, 0.25) is 0 Å². The molecule has 31 heavy (non-hydrogen) atoms. The van der Waals surface area contributed by atoms with Gasteiger partial charge >= 0.3 is 0 Å². The molecule has 0 spiro atoms. The van der Waals surface area contributed by atoms with Gasteiger partial charge in [0, 0.05) is 42.4 Å². The number of anilines is 3. The van der Waals surface area contributed by atoms with Crippen molar-refractivity contribution in [3.8, 4) is 0 Å². The first-order chi connectivity index (χ1) is 15.0. The van der Waals surface area contributed by atoms with E-state index in [1.807, 2.05) is 12.1 Å². The van der Waals surface area contributed by atoms with Gasteiger partial charge in [-0.1, -0.05) is 6.07 Å². The lowest BCUT2D eigenvalue weighted by molar-refractivity contribution is 0.122. The summed E-state index contributed by atoms with van der Waals surface area (Å²) < 4.78 is 34.2. The minimum Gasteiger partial charge on any atom is -0.396 e. The maximum atomic E-state index is 14.4. The van der Waals surface area contributed by atoms with Crippen molar-refractivity contribution in [2.45, 2.75) is 19.8 Å². The molecule has 8 heteroatoms. The van der Waals surface area contributed by atoms with Crippen LogP contribution in [0.15, 0.2) is 47.1 Å². The van der Waals surface area contributed by atoms with Crippen molar-refractivity contribution < 1.29 is 13.5 Å². The Morgan fingerprint density at radius 2 is 2.00 bits per heavy atom. The van der Waals surface area contributed by atoms with Gasteiger partial charge in [-0.3, -0.25) is 4.99 Å². The number of nitrogens with one attached hydrogen (secondary N) is 1. The van der Waals surface area contributed by atoms with Crippen molar-refractivity contribution in [1.82, 2.24) is 0 Å². The molecule has 1 saturated heterocycles. The number of morpholine rings is 1. The van der Waals surface area contributed by atoms with Crippen LogP contribution < -0.4 is 21.7 Å². The fourth-order valence-electron chi connectivity index (χ4n) is 3.49. The average Bonchev–Trinajstić information content (AvgIpc) is 2.79. The second-order valence-corrected chi connectivity index (χ2v) is 7.40. The minimum absolute atomic E-state index is 0.0149. The number of allylic oxidation sites excluding steroid dienone is 1. The highest BCUT2D eigenvalue weighted by Gasteiger charge is 2.15. The van der Waals surface area contributed by atoms with E-state index in [-0.39, 0.29) is 24.3 Å². The zero-order valence-electron chi connectivity index (χ0n) is 17.7. The fourth-order valence-corrected chi connectivity index (χ4v) is 3.49. The highest BCUT2D eigenvalue weighted by molar-refractivity contribution is 5.79. The van der Waals surface area contributed by atoms with Gasteiger partial charge in [-0.25, -0.2) is 8.78 Å². The molecule has 2 aromatic rings. The van der Waals surface area contributed by atoms with Crippen molar-refractivity contribution in [3.05, 3.63) is 64.9 Å². The Bertz CT molecular complexity index is 929. The standard InChI is InChI=1S/C23H29F2N5O/c1-16-11-21(27)23(25)20(22(16)24)6-5-17(13-28-15-26)14-29-18-3-2-4-19(12-18)30-7-9-31-10-8-30/h2-4,11-14,29H,5-10,15,26-27H2,1H3/b17-14-,28-13?. The Balaban J connectivity index is 1.74. The second-order valence-electron chi connectivity index (χ2n) is 7.40. The SMILES string of the molecule is Cc1cc(N)c(F)c(CC/C(C=NCN)=C/Nc2cccc(N3CCOCC3)c2)c1F. The second kappa shape index (κ2) is 10.9. The van der Waals surface area contributed by atoms with Crippen LogP contribution in [0.4, 0.5) is 25.8 Å². The summed E-state index contributed by atoms with van der Waals surface area (Å²) in [6, 6.07) is 9.36. The molecule has 0 aromatic heterocycles. The van der Waals surface area contributed by atoms with Gasteiger partial charge in [-0.2, -0.15) is 0 Å². The van der Waals surface area contributed by atoms with Gasteiger partial charge in [0.1, 0.15) is 5.82 Å². The zero-order valence-corrected chi connectivity index (χ0v) is 17.7. The number of aryl methyl sites for hydroxylation is 1. The molecular formula is C23H29F2N5O. The number of rotatable bonds is 8. The summed E-state index contributed by atoms with van der Waals surface area (Å²) in [6.45, 7) is 4.84. The van der Waals surface area contributed by atoms with Crippen molar-refractivity contribution in [3.63, 3.8) is 0 Å². The Labute approximate surface area is 181 Å². The van der Waals surface area contributed by atoms with Gasteiger partial charge in [0.25, 0.3) is 0 Å². The fraction of sp³-hybridized carbons (Fsp3) is 0.348. The Morgan fingerprint density at radius 1 is 1.23 bits per heavy atom. The minimum atomic E-state index is -0.704. The maximum absolute atomic E-state index is 14.4. The first-order valence-electron chi connectivity index (χ1n) is 10.3. The number of hydrogen-bond donors (Lipinski definition) is 3. The number of benzene rings is 2. The molecule has 2 aromatic carbocycles. The Hall–Kier alpha value is -2.97. The highest BCUT2D eigenvalue weighted by Crippen LogP contribution is 2.25. The predicted octanol–water partition coefficient (Wildman–Crippen LogP) is 3.61. The van der Waals surface area contributed by atoms with Gasteiger partial charge in [-0.05, 0) is 55.2 Å². The normalized spacial score (nSPS) is 15.0. The third kappa shape index (κ3) is 6.02. The molecule has 1 aliphatic heterocycles. The summed E-state index contributed by atoms with van der Waals surface area (Å²) >= 11 is 0. The molecule has 0 radical (unpaired) electrons. The lowest BCUT2D eigenvalue weighted by atomic mass is 10.0. The Kier molecular flexibility index (Phi) is 7.97. The highest BCUT2D eigenvalue weighted by atomic mass is 19.1. The number of hydrogen-bond acceptors (Lipinski definition) is 6. The van der Waals surface area contributed by atoms with Gasteiger partial charge in [-0.15, -0.1) is 0 Å². The molecule has 6 nitrogen and oxygen atoms in total. The summed E-state index contributed by atoms with van der Waals surface area (Å²) in [7, 11) is 0. The lowest BCUT2D eigenvalue weighted by Crippen LogP contribution is -2.36. The zero-order chi connectivity index (χ0) is 22.2. The van der Waals surface area contributed by atoms with Crippen molar-refractivity contribution in [1.29, 1.82) is 0 Å². The van der Waals surface area contributed by atoms with E-state index in [1.165, 1.54) is 6.07 Å². The summed E-state index contributed by atoms with van der Waals surface area (Å²) in [5, 5.41) is 3.26. The van der Waals surface area contributed by atoms with Crippen LogP contribution in [0.25, 0.3) is 0 Å². The lowest BCUT2D eigenvalue weighted by Gasteiger charge is -2.29. The molecule has 3 rings (SSSR count). The number of ether oxygens (including phenoxy) is 1. The first kappa shape index (κ1) is 22.7. The van der Waals surface area contributed by atoms with Crippen molar-refractivity contribution in [2.24, 2.45) is 10.7 Å². The summed E-state index contributed by atoms with van der Waals surface area (Å²) in [6.07, 6.45) is 3.93. The first-order valence-corrected chi connectivity index (χ1v) is 10.3. The number of aliphatic imine (C=N–C) groups is 1. The molecule has 0 unspecified atom stereocenters. The van der Waals surface area contributed by atoms with E-state index >= 15 is 0 Å². The number of nitrogens with two attached hydrogens (primary N) is 2. The van der Waals surface area contributed by atoms with E-state index in [9.17, 15) is 8.78 Å². The van der Waals surface area contributed by atoms with Gasteiger partial charge in [0.05, 0.1) is 25.6 Å². The number of nitrogen functional groups attached to an aromatic ring is 1. The molecule has 0 saturated carbocycles. The molecule has 0 aliphatic carbocycles. The van der Waals surface area contributed by atoms with Crippen LogP contribution in [0.5, 0.6) is 0 Å². The largest absolute Gasteiger partial charge is 0.396 e. The smallest absolute Gasteiger partial charge is 0.152 e. The van der Waals surface area contributed by atoms with E-state index in [0.717, 1.165) is 30.0 Å². The van der Waals surface area contributed by atoms with E-state index in [2.05, 4.69) is 27.3 Å². The van der Waals surface area contributed by atoms with Crippen molar-refractivity contribution >= 4 is 23.3 Å². The monoisotopic (exact) mass is 429 g/mol. The van der Waals surface area contributed by atoms with Crippen LogP contribution in [0.3, 0.4) is 0 Å². The molecule has 5 N–H and O–H groups in total. The van der Waals surface area contributed by atoms with Gasteiger partial charge in [0.15, 0.2) is 5.82 Å². The number of halogens is 2. The molecular weight excluding hydrogens is 400 g/mol. The molecule has 1 heterocycles. The quantitative estimate of drug-likeness (QED) is 0.441. The van der Waals surface area contributed by atoms with Crippen LogP contribution in [0.2, 0.25) is 0 Å². The van der Waals surface area contributed by atoms with E-state index in [4.69, 9.17) is 16.2 Å². The molecule has 0 bridgehead atoms. The van der Waals surface area contributed by atoms with E-state index < -0.39 is 11.6 Å². The third-order valence-electron chi connectivity index (χ3n) is 5.17.